The van der Waals surface area contributed by atoms with E-state index in [1.807, 2.05) is 4.90 Å². The van der Waals surface area contributed by atoms with Gasteiger partial charge in [0.1, 0.15) is 24.3 Å². The van der Waals surface area contributed by atoms with Crippen LogP contribution in [0.25, 0.3) is 0 Å². The van der Waals surface area contributed by atoms with E-state index >= 15 is 0 Å². The molecule has 1 saturated heterocycles. The summed E-state index contributed by atoms with van der Waals surface area (Å²) in [4.78, 5) is 18.4. The van der Waals surface area contributed by atoms with Crippen LogP contribution in [0.5, 0.6) is 5.88 Å². The second-order valence-electron chi connectivity index (χ2n) is 6.59. The Hall–Kier alpha value is -2.79. The van der Waals surface area contributed by atoms with Crippen molar-refractivity contribution in [3.05, 3.63) is 51.7 Å². The molecule has 1 unspecified atom stereocenters. The minimum absolute atomic E-state index is 0.0340. The van der Waals surface area contributed by atoms with Gasteiger partial charge in [-0.3, -0.25) is 4.57 Å². The predicted molar refractivity (Wildman–Crippen MR) is 97.4 cm³/mol. The van der Waals surface area contributed by atoms with Gasteiger partial charge < -0.3 is 15.0 Å². The summed E-state index contributed by atoms with van der Waals surface area (Å²) < 4.78 is 20.3. The molecule has 3 heterocycles. The Morgan fingerprint density at radius 2 is 2.26 bits per heavy atom. The molecule has 27 heavy (non-hydrogen) atoms. The zero-order valence-electron chi connectivity index (χ0n) is 14.4. The lowest BCUT2D eigenvalue weighted by Crippen LogP contribution is -2.59. The molecular formula is C17H14B2FN5O2. The predicted octanol–water partition coefficient (Wildman–Crippen LogP) is -0.428. The first-order valence-electron chi connectivity index (χ1n) is 8.43. The minimum atomic E-state index is -1.37. The first-order chi connectivity index (χ1) is 12.9. The van der Waals surface area contributed by atoms with Crippen molar-refractivity contribution in [2.24, 2.45) is 0 Å². The maximum atomic E-state index is 13.4. The molecule has 7 nitrogen and oxygen atoms in total. The number of nitrogens with one attached hydrogen (secondary N) is 1. The molecule has 132 valence electrons. The number of rotatable bonds is 3. The number of piperazine rings is 1. The van der Waals surface area contributed by atoms with Crippen molar-refractivity contribution in [1.29, 1.82) is 5.26 Å². The SMILES string of the molecule is [B]C1([B])C2CNCCN2c2cc(OCc3ccc(F)c(C#N)c3)nc(=O)n21. The zero-order chi connectivity index (χ0) is 19.2. The van der Waals surface area contributed by atoms with E-state index in [9.17, 15) is 9.18 Å². The molecule has 1 N–H and O–H groups in total. The van der Waals surface area contributed by atoms with E-state index in [4.69, 9.17) is 25.7 Å². The third-order valence-corrected chi connectivity index (χ3v) is 4.88. The van der Waals surface area contributed by atoms with Crippen LogP contribution >= 0.6 is 0 Å². The average Bonchev–Trinajstić information content (AvgIpc) is 2.89. The highest BCUT2D eigenvalue weighted by molar-refractivity contribution is 6.39. The fourth-order valence-corrected chi connectivity index (χ4v) is 3.54. The maximum Gasteiger partial charge on any atom is 0.351 e. The van der Waals surface area contributed by atoms with E-state index < -0.39 is 16.8 Å². The Labute approximate surface area is 157 Å². The molecule has 10 heteroatoms. The molecule has 0 aliphatic carbocycles. The van der Waals surface area contributed by atoms with E-state index in [0.717, 1.165) is 6.54 Å². The lowest BCUT2D eigenvalue weighted by atomic mass is 9.57. The molecule has 0 spiro atoms. The van der Waals surface area contributed by atoms with Gasteiger partial charge in [0.15, 0.2) is 0 Å². The third kappa shape index (κ3) is 2.88. The summed E-state index contributed by atoms with van der Waals surface area (Å²) in [5.41, 5.74) is -0.0843. The van der Waals surface area contributed by atoms with E-state index in [-0.39, 0.29) is 24.1 Å². The van der Waals surface area contributed by atoms with Gasteiger partial charge in [-0.2, -0.15) is 10.2 Å². The first kappa shape index (κ1) is 17.6. The number of halogens is 1. The summed E-state index contributed by atoms with van der Waals surface area (Å²) in [7, 11) is 12.4. The van der Waals surface area contributed by atoms with Crippen molar-refractivity contribution < 1.29 is 9.13 Å². The summed E-state index contributed by atoms with van der Waals surface area (Å²) in [5, 5.41) is 10.8. The Bertz CT molecular complexity index is 1000. The Kier molecular flexibility index (Phi) is 4.19. The number of fused-ring (bicyclic) bond motifs is 3. The Morgan fingerprint density at radius 1 is 1.44 bits per heavy atom. The van der Waals surface area contributed by atoms with Gasteiger partial charge in [0.05, 0.1) is 27.3 Å². The van der Waals surface area contributed by atoms with Crippen LogP contribution in [0, 0.1) is 17.1 Å². The first-order valence-corrected chi connectivity index (χ1v) is 8.43. The number of aromatic nitrogens is 2. The number of nitrogens with zero attached hydrogens (tertiary/aromatic N) is 4. The van der Waals surface area contributed by atoms with Crippen molar-refractivity contribution >= 4 is 21.5 Å². The zero-order valence-corrected chi connectivity index (χ0v) is 14.4. The van der Waals surface area contributed by atoms with Crippen LogP contribution in [0.1, 0.15) is 11.1 Å². The van der Waals surface area contributed by atoms with E-state index in [2.05, 4.69) is 10.3 Å². The normalized spacial score (nSPS) is 19.9. The fraction of sp³-hybridized carbons (Fsp3) is 0.353. The fourth-order valence-electron chi connectivity index (χ4n) is 3.54. The van der Waals surface area contributed by atoms with Gasteiger partial charge in [0.2, 0.25) is 5.88 Å². The molecule has 4 radical (unpaired) electrons. The molecule has 1 aromatic carbocycles. The van der Waals surface area contributed by atoms with Crippen LogP contribution in [-0.2, 0) is 11.9 Å². The van der Waals surface area contributed by atoms with Gasteiger partial charge in [0.25, 0.3) is 0 Å². The van der Waals surface area contributed by atoms with Crippen molar-refractivity contribution in [3.8, 4) is 11.9 Å². The van der Waals surface area contributed by atoms with Gasteiger partial charge in [-0.05, 0) is 23.0 Å². The summed E-state index contributed by atoms with van der Waals surface area (Å²) in [6.45, 7) is 1.97. The molecule has 2 aromatic rings. The lowest BCUT2D eigenvalue weighted by Gasteiger charge is -2.38. The second kappa shape index (κ2) is 6.43. The summed E-state index contributed by atoms with van der Waals surface area (Å²) in [6, 6.07) is 7.23. The molecular weight excluding hydrogens is 347 g/mol. The van der Waals surface area contributed by atoms with Gasteiger partial charge in [-0.25, -0.2) is 9.18 Å². The molecule has 0 amide bonds. The summed E-state index contributed by atoms with van der Waals surface area (Å²) in [6.07, 6.45) is 0. The standard InChI is InChI=1S/C17H14B2FN5O2/c18-17(19)13-8-22-3-4-24(13)15-6-14(23-16(26)25(15)17)27-9-10-1-2-12(20)11(5-10)7-21/h1-2,5-6,13,22H,3-4,8-9H2. The number of hydrogen-bond acceptors (Lipinski definition) is 6. The van der Waals surface area contributed by atoms with Crippen LogP contribution in [0.4, 0.5) is 10.2 Å². The smallest absolute Gasteiger partial charge is 0.351 e. The van der Waals surface area contributed by atoms with Crippen LogP contribution in [0.15, 0.2) is 29.1 Å². The molecule has 0 saturated carbocycles. The maximum absolute atomic E-state index is 13.4. The van der Waals surface area contributed by atoms with Crippen LogP contribution in [0.3, 0.4) is 0 Å². The Balaban J connectivity index is 1.63. The van der Waals surface area contributed by atoms with Gasteiger partial charge in [-0.1, -0.05) is 6.07 Å². The average molecular weight is 361 g/mol. The van der Waals surface area contributed by atoms with Crippen molar-refractivity contribution in [3.63, 3.8) is 0 Å². The number of anilines is 1. The van der Waals surface area contributed by atoms with Crippen molar-refractivity contribution in [2.75, 3.05) is 24.5 Å². The monoisotopic (exact) mass is 361 g/mol. The number of hydrogen-bond donors (Lipinski definition) is 1. The molecule has 2 aliphatic heterocycles. The number of nitriles is 1. The van der Waals surface area contributed by atoms with Crippen molar-refractivity contribution in [1.82, 2.24) is 14.9 Å². The molecule has 4 rings (SSSR count). The van der Waals surface area contributed by atoms with Crippen LogP contribution in [-0.4, -0.2) is 50.9 Å². The molecule has 2 aliphatic rings. The van der Waals surface area contributed by atoms with Crippen LogP contribution in [0.2, 0.25) is 0 Å². The van der Waals surface area contributed by atoms with Gasteiger partial charge in [0, 0.05) is 25.7 Å². The molecule has 1 aromatic heterocycles. The highest BCUT2D eigenvalue weighted by Gasteiger charge is 2.45. The Morgan fingerprint density at radius 3 is 3.04 bits per heavy atom. The molecule has 1 atom stereocenters. The van der Waals surface area contributed by atoms with Crippen LogP contribution < -0.4 is 20.6 Å². The summed E-state index contributed by atoms with van der Waals surface area (Å²) >= 11 is 0. The highest BCUT2D eigenvalue weighted by atomic mass is 19.1. The summed E-state index contributed by atoms with van der Waals surface area (Å²) in [5.74, 6) is 0.0736. The number of benzene rings is 1. The molecule has 1 fully saturated rings. The topological polar surface area (TPSA) is 83.2 Å². The number of ether oxygens (including phenoxy) is 1. The molecule has 0 bridgehead atoms. The van der Waals surface area contributed by atoms with Gasteiger partial charge in [-0.15, -0.1) is 0 Å². The second-order valence-corrected chi connectivity index (χ2v) is 6.59. The van der Waals surface area contributed by atoms with Gasteiger partial charge >= 0.3 is 5.69 Å². The lowest BCUT2D eigenvalue weighted by molar-refractivity contribution is 0.291. The van der Waals surface area contributed by atoms with Crippen molar-refractivity contribution in [2.45, 2.75) is 18.0 Å². The van der Waals surface area contributed by atoms with E-state index in [0.29, 0.717) is 24.5 Å². The quantitative estimate of drug-likeness (QED) is 0.748. The minimum Gasteiger partial charge on any atom is -0.473 e. The highest BCUT2D eigenvalue weighted by Crippen LogP contribution is 2.35. The van der Waals surface area contributed by atoms with E-state index in [1.54, 1.807) is 12.1 Å². The third-order valence-electron chi connectivity index (χ3n) is 4.88. The van der Waals surface area contributed by atoms with E-state index in [1.165, 1.54) is 22.8 Å². The largest absolute Gasteiger partial charge is 0.473 e.